The Morgan fingerprint density at radius 3 is 2.08 bits per heavy atom. The Kier molecular flexibility index (Phi) is 6.83. The first-order chi connectivity index (χ1) is 17.2. The molecule has 0 spiro atoms. The number of aliphatic imine (C=N–C) groups is 1. The minimum Gasteiger partial charge on any atom is -0.347 e. The van der Waals surface area contributed by atoms with Gasteiger partial charge in [-0.15, -0.1) is 0 Å². The van der Waals surface area contributed by atoms with Crippen molar-refractivity contribution in [1.82, 2.24) is 14.7 Å². The predicted molar refractivity (Wildman–Crippen MR) is 146 cm³/mol. The van der Waals surface area contributed by atoms with Gasteiger partial charge in [-0.25, -0.2) is 0 Å². The zero-order valence-corrected chi connectivity index (χ0v) is 22.9. The Labute approximate surface area is 225 Å². The minimum atomic E-state index is -0.403. The van der Waals surface area contributed by atoms with Crippen LogP contribution in [0.2, 0.25) is 10.0 Å². The summed E-state index contributed by atoms with van der Waals surface area (Å²) in [5, 5.41) is 2.15. The summed E-state index contributed by atoms with van der Waals surface area (Å²) in [6.45, 7) is 4.78. The van der Waals surface area contributed by atoms with Crippen molar-refractivity contribution in [2.75, 3.05) is 20.6 Å². The van der Waals surface area contributed by atoms with Crippen LogP contribution in [-0.4, -0.2) is 58.4 Å². The maximum atomic E-state index is 13.8. The fourth-order valence-electron chi connectivity index (χ4n) is 5.01. The number of carbonyl (C=O) groups excluding carboxylic acids is 2. The van der Waals surface area contributed by atoms with Gasteiger partial charge in [-0.3, -0.25) is 14.6 Å². The summed E-state index contributed by atoms with van der Waals surface area (Å²) in [4.78, 5) is 37.6. The molecule has 1 fully saturated rings. The topological polar surface area (TPSA) is 56.2 Å². The zero-order chi connectivity index (χ0) is 25.7. The molecule has 2 aromatic carbocycles. The van der Waals surface area contributed by atoms with E-state index in [4.69, 9.17) is 28.2 Å². The van der Waals surface area contributed by atoms with Gasteiger partial charge in [0.2, 0.25) is 5.91 Å². The number of carbonyl (C=O) groups is 2. The molecule has 0 aliphatic carbocycles. The zero-order valence-electron chi connectivity index (χ0n) is 20.6. The van der Waals surface area contributed by atoms with E-state index in [9.17, 15) is 9.59 Å². The van der Waals surface area contributed by atoms with Gasteiger partial charge in [-0.05, 0) is 59.5 Å². The molecule has 0 radical (unpaired) electrons. The van der Waals surface area contributed by atoms with Crippen molar-refractivity contribution in [2.45, 2.75) is 38.4 Å². The number of allylic oxidation sites excluding steroid dienone is 1. The van der Waals surface area contributed by atoms with E-state index >= 15 is 0 Å². The monoisotopic (exact) mass is 542 g/mol. The van der Waals surface area contributed by atoms with Crippen LogP contribution >= 0.6 is 35.0 Å². The number of benzene rings is 2. The fourth-order valence-corrected chi connectivity index (χ4v) is 6.56. The lowest BCUT2D eigenvalue weighted by Gasteiger charge is -2.41. The highest BCUT2D eigenvalue weighted by molar-refractivity contribution is 8.18. The van der Waals surface area contributed by atoms with E-state index in [1.165, 1.54) is 11.8 Å². The molecule has 0 bridgehead atoms. The van der Waals surface area contributed by atoms with E-state index < -0.39 is 6.04 Å². The van der Waals surface area contributed by atoms with Crippen LogP contribution in [0.4, 0.5) is 0 Å². The molecule has 2 aromatic rings. The van der Waals surface area contributed by atoms with E-state index in [-0.39, 0.29) is 29.8 Å². The highest BCUT2D eigenvalue weighted by Crippen LogP contribution is 2.53. The molecule has 0 saturated carbocycles. The summed E-state index contributed by atoms with van der Waals surface area (Å²) in [6, 6.07) is 14.9. The Morgan fingerprint density at radius 1 is 1.00 bits per heavy atom. The van der Waals surface area contributed by atoms with Crippen LogP contribution in [0.15, 0.2) is 64.1 Å². The second kappa shape index (κ2) is 9.77. The van der Waals surface area contributed by atoms with Gasteiger partial charge >= 0.3 is 0 Å². The van der Waals surface area contributed by atoms with Crippen LogP contribution in [-0.2, 0) is 9.59 Å². The molecule has 188 valence electrons. The number of fused-ring (bicyclic) bond motifs is 1. The molecule has 36 heavy (non-hydrogen) atoms. The number of halogens is 2. The van der Waals surface area contributed by atoms with Crippen LogP contribution in [0.25, 0.3) is 0 Å². The summed E-state index contributed by atoms with van der Waals surface area (Å²) >= 11 is 13.8. The van der Waals surface area contributed by atoms with E-state index in [1.807, 2.05) is 48.5 Å². The maximum absolute atomic E-state index is 13.8. The normalized spacial score (nSPS) is 23.1. The van der Waals surface area contributed by atoms with E-state index in [0.717, 1.165) is 22.0 Å². The molecule has 9 heteroatoms. The summed E-state index contributed by atoms with van der Waals surface area (Å²) in [5.41, 5.74) is 3.07. The SMILES string of the molecule is CC(C)C1=C(C(=O)N2CC[C@H]2C(=O)N(C)C)SC2=N[C@@H](c3ccc(Cl)cc3)[C@@H](c3ccc(Cl)cc3)N21. The molecule has 2 amide bonds. The molecule has 3 heterocycles. The highest BCUT2D eigenvalue weighted by atomic mass is 35.5. The largest absolute Gasteiger partial charge is 0.347 e. The number of amides is 2. The maximum Gasteiger partial charge on any atom is 0.263 e. The van der Waals surface area contributed by atoms with Crippen molar-refractivity contribution in [2.24, 2.45) is 10.9 Å². The molecule has 1 saturated heterocycles. The van der Waals surface area contributed by atoms with Gasteiger partial charge in [0.05, 0.1) is 6.04 Å². The lowest BCUT2D eigenvalue weighted by atomic mass is 9.92. The van der Waals surface area contributed by atoms with Crippen LogP contribution in [0.1, 0.15) is 43.5 Å². The Morgan fingerprint density at radius 2 is 1.58 bits per heavy atom. The third-order valence-corrected chi connectivity index (χ3v) is 8.47. The molecule has 3 aliphatic rings. The molecule has 5 rings (SSSR count). The minimum absolute atomic E-state index is 0.0380. The van der Waals surface area contributed by atoms with Gasteiger partial charge in [0.15, 0.2) is 5.17 Å². The fraction of sp³-hybridized carbons (Fsp3) is 0.370. The summed E-state index contributed by atoms with van der Waals surface area (Å²) in [5.74, 6) is -0.0543. The lowest BCUT2D eigenvalue weighted by Crippen LogP contribution is -2.58. The van der Waals surface area contributed by atoms with Gasteiger partial charge in [0.25, 0.3) is 5.91 Å². The van der Waals surface area contributed by atoms with Gasteiger partial charge in [-0.2, -0.15) is 0 Å². The molecular weight excluding hydrogens is 515 g/mol. The lowest BCUT2D eigenvalue weighted by molar-refractivity contribution is -0.148. The molecule has 6 nitrogen and oxygen atoms in total. The van der Waals surface area contributed by atoms with Gasteiger partial charge in [-0.1, -0.05) is 61.3 Å². The Bertz CT molecular complexity index is 1260. The standard InChI is InChI=1S/C27H28Cl2N4O2S/c1-15(2)22-24(26(35)32-14-13-20(32)25(34)31(3)4)36-27-30-21(16-5-9-18(28)10-6-16)23(33(22)27)17-7-11-19(29)12-8-17/h5-12,15,20-21,23H,13-14H2,1-4H3/t20-,21-,23+/m0/s1. The Hall–Kier alpha value is -2.48. The predicted octanol–water partition coefficient (Wildman–Crippen LogP) is 5.75. The van der Waals surface area contributed by atoms with Crippen LogP contribution in [0, 0.1) is 5.92 Å². The molecular formula is C27H28Cl2N4O2S. The first-order valence-electron chi connectivity index (χ1n) is 12.0. The van der Waals surface area contributed by atoms with E-state index in [2.05, 4.69) is 18.7 Å². The van der Waals surface area contributed by atoms with Crippen molar-refractivity contribution in [3.8, 4) is 0 Å². The first kappa shape index (κ1) is 25.2. The molecule has 3 aliphatic heterocycles. The van der Waals surface area contributed by atoms with Crippen molar-refractivity contribution in [3.05, 3.63) is 80.3 Å². The summed E-state index contributed by atoms with van der Waals surface area (Å²) < 4.78 is 0. The van der Waals surface area contributed by atoms with Crippen LogP contribution < -0.4 is 0 Å². The quantitative estimate of drug-likeness (QED) is 0.482. The number of hydrogen-bond acceptors (Lipinski definition) is 5. The Balaban J connectivity index is 1.55. The second-order valence-electron chi connectivity index (χ2n) is 9.78. The van der Waals surface area contributed by atoms with Gasteiger partial charge < -0.3 is 14.7 Å². The molecule has 0 aromatic heterocycles. The average molecular weight is 544 g/mol. The number of nitrogens with zero attached hydrogens (tertiary/aromatic N) is 4. The van der Waals surface area contributed by atoms with Crippen molar-refractivity contribution >= 4 is 51.9 Å². The second-order valence-corrected chi connectivity index (χ2v) is 11.6. The third kappa shape index (κ3) is 4.31. The van der Waals surface area contributed by atoms with Crippen molar-refractivity contribution < 1.29 is 9.59 Å². The molecule has 3 atom stereocenters. The first-order valence-corrected chi connectivity index (χ1v) is 13.6. The number of likely N-dealkylation sites (tertiary alicyclic amines) is 1. The van der Waals surface area contributed by atoms with Crippen LogP contribution in [0.5, 0.6) is 0 Å². The molecule has 0 N–H and O–H groups in total. The number of amidine groups is 1. The highest BCUT2D eigenvalue weighted by Gasteiger charge is 2.49. The van der Waals surface area contributed by atoms with Crippen LogP contribution in [0.3, 0.4) is 0 Å². The number of thioether (sulfide) groups is 1. The average Bonchev–Trinajstić information content (AvgIpc) is 3.35. The van der Waals surface area contributed by atoms with Gasteiger partial charge in [0.1, 0.15) is 17.0 Å². The van der Waals surface area contributed by atoms with Gasteiger partial charge in [0, 0.05) is 36.4 Å². The number of hydrogen-bond donors (Lipinski definition) is 0. The number of likely N-dealkylation sites (N-methyl/N-ethyl adjacent to an activating group) is 1. The van der Waals surface area contributed by atoms with Crippen molar-refractivity contribution in [3.63, 3.8) is 0 Å². The third-order valence-electron chi connectivity index (χ3n) is 6.89. The van der Waals surface area contributed by atoms with Crippen molar-refractivity contribution in [1.29, 1.82) is 0 Å². The van der Waals surface area contributed by atoms with E-state index in [0.29, 0.717) is 27.9 Å². The molecule has 0 unspecified atom stereocenters. The number of rotatable bonds is 5. The summed E-state index contributed by atoms with van der Waals surface area (Å²) in [6.07, 6.45) is 0.689. The van der Waals surface area contributed by atoms with E-state index in [1.54, 1.807) is 23.9 Å². The summed E-state index contributed by atoms with van der Waals surface area (Å²) in [7, 11) is 3.45. The smallest absolute Gasteiger partial charge is 0.263 e.